The molecule has 0 unspecified atom stereocenters. The van der Waals surface area contributed by atoms with Gasteiger partial charge >= 0.3 is 0 Å². The van der Waals surface area contributed by atoms with E-state index in [1.807, 2.05) is 30.3 Å². The minimum Gasteiger partial charge on any atom is -0.492 e. The van der Waals surface area contributed by atoms with Crippen molar-refractivity contribution in [2.45, 2.75) is 31.7 Å². The zero-order valence-electron chi connectivity index (χ0n) is 19.5. The van der Waals surface area contributed by atoms with Crippen LogP contribution in [0.3, 0.4) is 0 Å². The fourth-order valence-corrected chi connectivity index (χ4v) is 4.83. The second kappa shape index (κ2) is 11.6. The number of benzene rings is 3. The molecule has 0 atom stereocenters. The molecule has 0 aliphatic heterocycles. The molecular weight excluding hydrogens is 516 g/mol. The van der Waals surface area contributed by atoms with Crippen LogP contribution in [0.2, 0.25) is 0 Å². The van der Waals surface area contributed by atoms with Gasteiger partial charge in [0.2, 0.25) is 10.0 Å². The summed E-state index contributed by atoms with van der Waals surface area (Å²) >= 11 is 3.46. The zero-order chi connectivity index (χ0) is 24.7. The number of hydrogen-bond donors (Lipinski definition) is 1. The lowest BCUT2D eigenvalue weighted by atomic mass is 10.1. The van der Waals surface area contributed by atoms with E-state index in [1.165, 1.54) is 16.4 Å². The van der Waals surface area contributed by atoms with E-state index in [-0.39, 0.29) is 17.3 Å². The highest BCUT2D eigenvalue weighted by molar-refractivity contribution is 9.10. The van der Waals surface area contributed by atoms with Crippen LogP contribution in [0, 0.1) is 5.92 Å². The fourth-order valence-electron chi connectivity index (χ4n) is 3.18. The molecule has 0 heterocycles. The number of nitrogens with zero attached hydrogens (tertiary/aromatic N) is 1. The molecule has 0 aromatic heterocycles. The molecule has 3 aromatic carbocycles. The molecule has 1 N–H and O–H groups in total. The number of ether oxygens (including phenoxy) is 1. The summed E-state index contributed by atoms with van der Waals surface area (Å²) in [5.41, 5.74) is 1.87. The Morgan fingerprint density at radius 2 is 1.71 bits per heavy atom. The van der Waals surface area contributed by atoms with Gasteiger partial charge in [-0.15, -0.1) is 0 Å². The molecule has 0 saturated carbocycles. The van der Waals surface area contributed by atoms with E-state index < -0.39 is 10.0 Å². The molecule has 3 aromatic rings. The molecule has 180 valence electrons. The van der Waals surface area contributed by atoms with Gasteiger partial charge in [-0.05, 0) is 76.3 Å². The van der Waals surface area contributed by atoms with E-state index in [9.17, 15) is 13.2 Å². The number of anilines is 1. The van der Waals surface area contributed by atoms with Crippen LogP contribution in [0.4, 0.5) is 5.69 Å². The van der Waals surface area contributed by atoms with Crippen LogP contribution >= 0.6 is 15.9 Å². The van der Waals surface area contributed by atoms with Crippen molar-refractivity contribution in [2.24, 2.45) is 5.92 Å². The number of carbonyl (C=O) groups excluding carboxylic acids is 1. The summed E-state index contributed by atoms with van der Waals surface area (Å²) < 4.78 is 33.6. The van der Waals surface area contributed by atoms with Crippen molar-refractivity contribution in [3.05, 3.63) is 88.4 Å². The van der Waals surface area contributed by atoms with E-state index in [2.05, 4.69) is 35.1 Å². The molecular formula is C26H29BrN2O4S. The first-order chi connectivity index (χ1) is 16.2. The molecule has 34 heavy (non-hydrogen) atoms. The van der Waals surface area contributed by atoms with Gasteiger partial charge in [-0.3, -0.25) is 4.79 Å². The lowest BCUT2D eigenvalue weighted by Gasteiger charge is -2.17. The summed E-state index contributed by atoms with van der Waals surface area (Å²) in [5.74, 6) is 0.937. The van der Waals surface area contributed by atoms with Gasteiger partial charge in [0.1, 0.15) is 5.75 Å². The summed E-state index contributed by atoms with van der Waals surface area (Å²) in [4.78, 5) is 12.8. The second-order valence-corrected chi connectivity index (χ2v) is 11.3. The van der Waals surface area contributed by atoms with Crippen molar-refractivity contribution in [1.82, 2.24) is 4.31 Å². The van der Waals surface area contributed by atoms with Crippen LogP contribution in [0.1, 0.15) is 36.2 Å². The van der Waals surface area contributed by atoms with Gasteiger partial charge in [-0.1, -0.05) is 44.2 Å². The molecule has 0 radical (unpaired) electrons. The summed E-state index contributed by atoms with van der Waals surface area (Å²) in [6.07, 6.45) is 0.947. The number of halogens is 1. The molecule has 0 bridgehead atoms. The predicted octanol–water partition coefficient (Wildman–Crippen LogP) is 5.95. The number of sulfonamides is 1. The number of carbonyl (C=O) groups is 1. The topological polar surface area (TPSA) is 75.7 Å². The van der Waals surface area contributed by atoms with Crippen molar-refractivity contribution >= 4 is 37.5 Å². The summed E-state index contributed by atoms with van der Waals surface area (Å²) in [5, 5.41) is 2.80. The minimum absolute atomic E-state index is 0.162. The van der Waals surface area contributed by atoms with Gasteiger partial charge < -0.3 is 10.1 Å². The van der Waals surface area contributed by atoms with Crippen molar-refractivity contribution in [1.29, 1.82) is 0 Å². The average molecular weight is 545 g/mol. The van der Waals surface area contributed by atoms with Gasteiger partial charge in [0, 0.05) is 24.8 Å². The molecule has 8 heteroatoms. The van der Waals surface area contributed by atoms with E-state index in [4.69, 9.17) is 4.74 Å². The Kier molecular flexibility index (Phi) is 8.88. The number of amides is 1. The highest BCUT2D eigenvalue weighted by atomic mass is 79.9. The van der Waals surface area contributed by atoms with Gasteiger partial charge in [-0.25, -0.2) is 8.42 Å². The quantitative estimate of drug-likeness (QED) is 0.342. The normalized spacial score (nSPS) is 11.6. The summed E-state index contributed by atoms with van der Waals surface area (Å²) in [7, 11) is -2.11. The molecule has 6 nitrogen and oxygen atoms in total. The average Bonchev–Trinajstić information content (AvgIpc) is 2.81. The van der Waals surface area contributed by atoms with E-state index in [1.54, 1.807) is 37.4 Å². The Morgan fingerprint density at radius 3 is 2.32 bits per heavy atom. The van der Waals surface area contributed by atoms with Crippen LogP contribution in [-0.2, 0) is 16.6 Å². The molecule has 0 spiro atoms. The maximum absolute atomic E-state index is 12.9. The smallest absolute Gasteiger partial charge is 0.255 e. The maximum Gasteiger partial charge on any atom is 0.255 e. The SMILES string of the molecule is CC(C)CCOc1ccc(C(=O)Nc2ccc(S(=O)(=O)N(C)Cc3ccccc3)cc2)cc1Br. The van der Waals surface area contributed by atoms with Crippen LogP contribution < -0.4 is 10.1 Å². The Balaban J connectivity index is 1.63. The zero-order valence-corrected chi connectivity index (χ0v) is 21.9. The highest BCUT2D eigenvalue weighted by Gasteiger charge is 2.21. The van der Waals surface area contributed by atoms with Crippen LogP contribution in [0.25, 0.3) is 0 Å². The van der Waals surface area contributed by atoms with Crippen LogP contribution in [0.15, 0.2) is 82.2 Å². The first kappa shape index (κ1) is 25.9. The summed E-state index contributed by atoms with van der Waals surface area (Å²) in [6, 6.07) is 20.7. The Hall–Kier alpha value is -2.68. The van der Waals surface area contributed by atoms with Gasteiger partial charge in [0.05, 0.1) is 16.0 Å². The van der Waals surface area contributed by atoms with Crippen molar-refractivity contribution in [3.63, 3.8) is 0 Å². The van der Waals surface area contributed by atoms with E-state index in [0.29, 0.717) is 34.0 Å². The molecule has 1 amide bonds. The fraction of sp³-hybridized carbons (Fsp3) is 0.269. The Bertz CT molecular complexity index is 1210. The molecule has 0 aliphatic rings. The van der Waals surface area contributed by atoms with Crippen molar-refractivity contribution in [3.8, 4) is 5.75 Å². The van der Waals surface area contributed by atoms with Gasteiger partial charge in [0.15, 0.2) is 0 Å². The van der Waals surface area contributed by atoms with Crippen molar-refractivity contribution in [2.75, 3.05) is 19.0 Å². The van der Waals surface area contributed by atoms with Crippen molar-refractivity contribution < 1.29 is 17.9 Å². The Morgan fingerprint density at radius 1 is 1.03 bits per heavy atom. The highest BCUT2D eigenvalue weighted by Crippen LogP contribution is 2.27. The maximum atomic E-state index is 12.9. The predicted molar refractivity (Wildman–Crippen MR) is 139 cm³/mol. The van der Waals surface area contributed by atoms with Gasteiger partial charge in [0.25, 0.3) is 5.91 Å². The molecule has 3 rings (SSSR count). The Labute approximate surface area is 210 Å². The van der Waals surface area contributed by atoms with Gasteiger partial charge in [-0.2, -0.15) is 4.31 Å². The summed E-state index contributed by atoms with van der Waals surface area (Å²) in [6.45, 7) is 5.15. The third kappa shape index (κ3) is 6.91. The third-order valence-corrected chi connectivity index (χ3v) is 7.65. The lowest BCUT2D eigenvalue weighted by molar-refractivity contribution is 0.102. The number of nitrogens with one attached hydrogen (secondary N) is 1. The first-order valence-corrected chi connectivity index (χ1v) is 13.2. The number of rotatable bonds is 10. The largest absolute Gasteiger partial charge is 0.492 e. The van der Waals surface area contributed by atoms with E-state index in [0.717, 1.165) is 12.0 Å². The monoisotopic (exact) mass is 544 g/mol. The number of hydrogen-bond acceptors (Lipinski definition) is 4. The third-order valence-electron chi connectivity index (χ3n) is 5.22. The molecule has 0 aliphatic carbocycles. The molecule has 0 saturated heterocycles. The first-order valence-electron chi connectivity index (χ1n) is 11.0. The second-order valence-electron chi connectivity index (χ2n) is 8.40. The molecule has 0 fully saturated rings. The van der Waals surface area contributed by atoms with Crippen LogP contribution in [0.5, 0.6) is 5.75 Å². The van der Waals surface area contributed by atoms with E-state index >= 15 is 0 Å². The minimum atomic E-state index is -3.66. The van der Waals surface area contributed by atoms with Crippen LogP contribution in [-0.4, -0.2) is 32.3 Å². The lowest BCUT2D eigenvalue weighted by Crippen LogP contribution is -2.26. The standard InChI is InChI=1S/C26H29BrN2O4S/c1-19(2)15-16-33-25-14-9-21(17-24(25)27)26(30)28-22-10-12-23(13-11-22)34(31,32)29(3)18-20-7-5-4-6-8-20/h4-14,17,19H,15-16,18H2,1-3H3,(H,28,30).